The van der Waals surface area contributed by atoms with Gasteiger partial charge in [0.15, 0.2) is 0 Å². The predicted molar refractivity (Wildman–Crippen MR) is 94.0 cm³/mol. The van der Waals surface area contributed by atoms with Crippen LogP contribution in [0.5, 0.6) is 0 Å². The molecule has 0 spiro atoms. The van der Waals surface area contributed by atoms with Crippen molar-refractivity contribution < 1.29 is 4.79 Å². The molecule has 0 aliphatic heterocycles. The molecule has 2 rings (SSSR count). The number of carbonyl (C=O) groups is 1. The summed E-state index contributed by atoms with van der Waals surface area (Å²) in [5, 5.41) is 7.80. The molecule has 2 aromatic rings. The number of benzene rings is 1. The minimum atomic E-state index is -0.163. The maximum Gasteiger partial charge on any atom is 0.256 e. The van der Waals surface area contributed by atoms with Gasteiger partial charge in [-0.1, -0.05) is 55.3 Å². The molecule has 4 nitrogen and oxygen atoms in total. The second-order valence-electron chi connectivity index (χ2n) is 6.40. The zero-order valence-electron chi connectivity index (χ0n) is 14.4. The van der Waals surface area contributed by atoms with Crippen molar-refractivity contribution in [3.05, 3.63) is 51.8 Å². The number of nitrogens with zero attached hydrogens (tertiary/aromatic N) is 2. The third-order valence-corrected chi connectivity index (χ3v) is 4.49. The molecule has 23 heavy (non-hydrogen) atoms. The van der Waals surface area contributed by atoms with E-state index in [0.29, 0.717) is 28.9 Å². The van der Waals surface area contributed by atoms with Crippen LogP contribution in [-0.2, 0) is 6.54 Å². The minimum absolute atomic E-state index is 0.0819. The Hall–Kier alpha value is -1.81. The summed E-state index contributed by atoms with van der Waals surface area (Å²) < 4.78 is 1.68. The quantitative estimate of drug-likeness (QED) is 0.899. The molecule has 1 amide bonds. The van der Waals surface area contributed by atoms with Crippen molar-refractivity contribution in [2.45, 2.75) is 47.2 Å². The van der Waals surface area contributed by atoms with E-state index >= 15 is 0 Å². The topological polar surface area (TPSA) is 46.9 Å². The molecule has 1 aromatic carbocycles. The smallest absolute Gasteiger partial charge is 0.256 e. The number of aryl methyl sites for hydroxylation is 2. The predicted octanol–water partition coefficient (Wildman–Crippen LogP) is 3.98. The Kier molecular flexibility index (Phi) is 5.47. The molecule has 0 fully saturated rings. The van der Waals surface area contributed by atoms with Crippen molar-refractivity contribution >= 4 is 17.5 Å². The summed E-state index contributed by atoms with van der Waals surface area (Å²) in [5.41, 5.74) is 3.42. The lowest BCUT2D eigenvalue weighted by atomic mass is 10.1. The molecule has 0 unspecified atom stereocenters. The van der Waals surface area contributed by atoms with Crippen LogP contribution in [0, 0.1) is 19.8 Å². The van der Waals surface area contributed by atoms with Crippen molar-refractivity contribution in [3.8, 4) is 0 Å². The highest BCUT2D eigenvalue weighted by Crippen LogP contribution is 2.21. The summed E-state index contributed by atoms with van der Waals surface area (Å²) in [6, 6.07) is 8.28. The van der Waals surface area contributed by atoms with Gasteiger partial charge in [0.1, 0.15) is 5.15 Å². The van der Waals surface area contributed by atoms with E-state index in [4.69, 9.17) is 11.6 Å². The van der Waals surface area contributed by atoms with E-state index < -0.39 is 0 Å². The van der Waals surface area contributed by atoms with Gasteiger partial charge in [-0.05, 0) is 32.3 Å². The Bertz CT molecular complexity index is 689. The lowest BCUT2D eigenvalue weighted by Crippen LogP contribution is -2.36. The van der Waals surface area contributed by atoms with E-state index in [9.17, 15) is 4.79 Å². The molecule has 1 atom stereocenters. The van der Waals surface area contributed by atoms with Crippen LogP contribution in [0.25, 0.3) is 0 Å². The van der Waals surface area contributed by atoms with Crippen molar-refractivity contribution in [2.24, 2.45) is 5.92 Å². The molecule has 5 heteroatoms. The Morgan fingerprint density at radius 1 is 1.22 bits per heavy atom. The van der Waals surface area contributed by atoms with Crippen LogP contribution in [0.3, 0.4) is 0 Å². The number of aromatic nitrogens is 2. The first-order chi connectivity index (χ1) is 10.8. The average Bonchev–Trinajstić information content (AvgIpc) is 2.75. The first-order valence-electron chi connectivity index (χ1n) is 7.89. The molecule has 124 valence electrons. The van der Waals surface area contributed by atoms with Gasteiger partial charge >= 0.3 is 0 Å². The van der Waals surface area contributed by atoms with Crippen LogP contribution in [0.15, 0.2) is 24.3 Å². The van der Waals surface area contributed by atoms with E-state index in [1.54, 1.807) is 4.68 Å². The molecule has 1 N–H and O–H groups in total. The first-order valence-corrected chi connectivity index (χ1v) is 8.26. The highest BCUT2D eigenvalue weighted by atomic mass is 35.5. The highest BCUT2D eigenvalue weighted by Gasteiger charge is 2.22. The molecule has 1 aromatic heterocycles. The number of hydrogen-bond donors (Lipinski definition) is 1. The van der Waals surface area contributed by atoms with Gasteiger partial charge in [-0.3, -0.25) is 4.79 Å². The van der Waals surface area contributed by atoms with Crippen molar-refractivity contribution in [2.75, 3.05) is 0 Å². The maximum absolute atomic E-state index is 12.5. The summed E-state index contributed by atoms with van der Waals surface area (Å²) in [5.74, 6) is 0.199. The summed E-state index contributed by atoms with van der Waals surface area (Å²) in [7, 11) is 0. The van der Waals surface area contributed by atoms with Crippen LogP contribution in [0.4, 0.5) is 0 Å². The van der Waals surface area contributed by atoms with E-state index in [-0.39, 0.29) is 11.9 Å². The Labute approximate surface area is 142 Å². The molecule has 0 radical (unpaired) electrons. The fourth-order valence-electron chi connectivity index (χ4n) is 2.23. The van der Waals surface area contributed by atoms with E-state index in [0.717, 1.165) is 5.56 Å². The molecular weight excluding hydrogens is 310 g/mol. The SMILES string of the molecule is Cc1ccc(Cn2nc(C)c(C(=O)N[C@@H](C)C(C)C)c2Cl)cc1. The first kappa shape index (κ1) is 17.5. The summed E-state index contributed by atoms with van der Waals surface area (Å²) in [4.78, 5) is 12.5. The van der Waals surface area contributed by atoms with Gasteiger partial charge in [-0.15, -0.1) is 0 Å². The monoisotopic (exact) mass is 333 g/mol. The number of halogens is 1. The summed E-state index contributed by atoms with van der Waals surface area (Å²) in [6.45, 7) is 10.5. The molecule has 0 saturated carbocycles. The molecule has 1 heterocycles. The summed E-state index contributed by atoms with van der Waals surface area (Å²) in [6.07, 6.45) is 0. The highest BCUT2D eigenvalue weighted by molar-refractivity contribution is 6.33. The molecule has 0 saturated heterocycles. The van der Waals surface area contributed by atoms with E-state index in [1.807, 2.05) is 32.9 Å². The van der Waals surface area contributed by atoms with Gasteiger partial charge < -0.3 is 5.32 Å². The third-order valence-electron chi connectivity index (χ3n) is 4.10. The van der Waals surface area contributed by atoms with E-state index in [1.165, 1.54) is 5.56 Å². The Morgan fingerprint density at radius 3 is 2.39 bits per heavy atom. The number of carbonyl (C=O) groups excluding carboxylic acids is 1. The fraction of sp³-hybridized carbons (Fsp3) is 0.444. The van der Waals surface area contributed by atoms with Gasteiger partial charge in [0.2, 0.25) is 0 Å². The van der Waals surface area contributed by atoms with Crippen molar-refractivity contribution in [1.82, 2.24) is 15.1 Å². The van der Waals surface area contributed by atoms with Gasteiger partial charge in [0, 0.05) is 6.04 Å². The molecule has 0 aliphatic carbocycles. The van der Waals surface area contributed by atoms with Crippen LogP contribution in [0.1, 0.15) is 48.0 Å². The average molecular weight is 334 g/mol. The van der Waals surface area contributed by atoms with Gasteiger partial charge in [-0.25, -0.2) is 4.68 Å². The van der Waals surface area contributed by atoms with Gasteiger partial charge in [-0.2, -0.15) is 5.10 Å². The minimum Gasteiger partial charge on any atom is -0.349 e. The van der Waals surface area contributed by atoms with E-state index in [2.05, 4.69) is 36.4 Å². The second-order valence-corrected chi connectivity index (χ2v) is 6.76. The Balaban J connectivity index is 2.21. The fourth-order valence-corrected chi connectivity index (χ4v) is 2.55. The number of hydrogen-bond acceptors (Lipinski definition) is 2. The van der Waals surface area contributed by atoms with Crippen LogP contribution >= 0.6 is 11.6 Å². The summed E-state index contributed by atoms with van der Waals surface area (Å²) >= 11 is 6.41. The standard InChI is InChI=1S/C18H24ClN3O/c1-11(2)13(4)20-18(23)16-14(5)21-22(17(16)19)10-15-8-6-12(3)7-9-15/h6-9,11,13H,10H2,1-5H3,(H,20,23)/t13-/m0/s1. The van der Waals surface area contributed by atoms with Crippen molar-refractivity contribution in [3.63, 3.8) is 0 Å². The number of nitrogens with one attached hydrogen (secondary N) is 1. The normalized spacial score (nSPS) is 12.5. The van der Waals surface area contributed by atoms with Crippen LogP contribution in [-0.4, -0.2) is 21.7 Å². The zero-order chi connectivity index (χ0) is 17.1. The number of amides is 1. The zero-order valence-corrected chi connectivity index (χ0v) is 15.1. The van der Waals surface area contributed by atoms with Crippen LogP contribution in [0.2, 0.25) is 5.15 Å². The lowest BCUT2D eigenvalue weighted by molar-refractivity contribution is 0.0930. The van der Waals surface area contributed by atoms with Gasteiger partial charge in [0.25, 0.3) is 5.91 Å². The maximum atomic E-state index is 12.5. The number of rotatable bonds is 5. The largest absolute Gasteiger partial charge is 0.349 e. The van der Waals surface area contributed by atoms with Gasteiger partial charge in [0.05, 0.1) is 17.8 Å². The molecule has 0 aliphatic rings. The Morgan fingerprint density at radius 2 is 1.83 bits per heavy atom. The molecular formula is C18H24ClN3O. The van der Waals surface area contributed by atoms with Crippen LogP contribution < -0.4 is 5.32 Å². The lowest BCUT2D eigenvalue weighted by Gasteiger charge is -2.17. The third kappa shape index (κ3) is 4.14. The van der Waals surface area contributed by atoms with Crippen molar-refractivity contribution in [1.29, 1.82) is 0 Å². The molecule has 0 bridgehead atoms. The second kappa shape index (κ2) is 7.18.